The number of benzene rings is 2. The highest BCUT2D eigenvalue weighted by Crippen LogP contribution is 2.28. The first-order valence-electron chi connectivity index (χ1n) is 12.2. The topological polar surface area (TPSA) is 78.7 Å². The lowest BCUT2D eigenvalue weighted by Crippen LogP contribution is -2.44. The summed E-state index contributed by atoms with van der Waals surface area (Å²) in [5.74, 6) is 0.589. The number of hydrogen-bond acceptors (Lipinski definition) is 5. The molecule has 0 bridgehead atoms. The fourth-order valence-corrected chi connectivity index (χ4v) is 4.92. The summed E-state index contributed by atoms with van der Waals surface area (Å²) in [7, 11) is 1.68. The Labute approximate surface area is 207 Å². The van der Waals surface area contributed by atoms with Gasteiger partial charge in [-0.05, 0) is 19.1 Å². The average molecular weight is 485 g/mol. The summed E-state index contributed by atoms with van der Waals surface area (Å²) >= 11 is 0. The fourth-order valence-electron chi connectivity index (χ4n) is 4.92. The van der Waals surface area contributed by atoms with E-state index in [0.29, 0.717) is 43.2 Å². The Morgan fingerprint density at radius 2 is 1.67 bits per heavy atom. The molecular formula is C27H28N6O3. The second kappa shape index (κ2) is 8.92. The largest absolute Gasteiger partial charge is 0.379 e. The van der Waals surface area contributed by atoms with Crippen LogP contribution >= 0.6 is 0 Å². The number of nitrogens with zero attached hydrogens (tertiary/aromatic N) is 6. The van der Waals surface area contributed by atoms with E-state index in [4.69, 9.17) is 9.72 Å². The molecule has 3 aromatic heterocycles. The number of ether oxygens (including phenoxy) is 1. The Hall–Kier alpha value is -3.95. The zero-order valence-corrected chi connectivity index (χ0v) is 20.4. The van der Waals surface area contributed by atoms with Crippen LogP contribution in [0, 0.1) is 6.92 Å². The van der Waals surface area contributed by atoms with E-state index in [1.165, 1.54) is 9.13 Å². The first-order valence-corrected chi connectivity index (χ1v) is 12.2. The third kappa shape index (κ3) is 3.68. The number of aromatic nitrogens is 5. The van der Waals surface area contributed by atoms with Crippen LogP contribution in [0.2, 0.25) is 0 Å². The van der Waals surface area contributed by atoms with Gasteiger partial charge in [-0.15, -0.1) is 0 Å². The number of hydrogen-bond donors (Lipinski definition) is 0. The van der Waals surface area contributed by atoms with Crippen molar-refractivity contribution in [2.45, 2.75) is 13.5 Å². The van der Waals surface area contributed by atoms with Gasteiger partial charge in [0.15, 0.2) is 11.2 Å². The number of morpholine rings is 1. The van der Waals surface area contributed by atoms with Gasteiger partial charge in [-0.25, -0.2) is 4.79 Å². The molecule has 9 heteroatoms. The molecule has 1 aliphatic rings. The first kappa shape index (κ1) is 22.5. The molecule has 0 radical (unpaired) electrons. The molecule has 0 amide bonds. The van der Waals surface area contributed by atoms with Crippen LogP contribution in [0.15, 0.2) is 70.4 Å². The lowest BCUT2D eigenvalue weighted by molar-refractivity contribution is 0.0361. The first-order chi connectivity index (χ1) is 17.5. The van der Waals surface area contributed by atoms with Crippen molar-refractivity contribution in [3.05, 3.63) is 87.2 Å². The maximum absolute atomic E-state index is 13.7. The summed E-state index contributed by atoms with van der Waals surface area (Å²) in [6.07, 6.45) is 1.94. The zero-order valence-electron chi connectivity index (χ0n) is 20.4. The Balaban J connectivity index is 1.57. The zero-order chi connectivity index (χ0) is 24.8. The van der Waals surface area contributed by atoms with Gasteiger partial charge in [0.2, 0.25) is 5.78 Å². The summed E-state index contributed by atoms with van der Waals surface area (Å²) in [4.78, 5) is 33.9. The summed E-state index contributed by atoms with van der Waals surface area (Å²) in [5, 5.41) is 0. The summed E-state index contributed by atoms with van der Waals surface area (Å²) in [6.45, 7) is 5.92. The molecule has 5 aromatic rings. The highest BCUT2D eigenvalue weighted by atomic mass is 16.5. The predicted octanol–water partition coefficient (Wildman–Crippen LogP) is 2.45. The summed E-state index contributed by atoms with van der Waals surface area (Å²) in [6, 6.07) is 18.2. The van der Waals surface area contributed by atoms with Gasteiger partial charge in [-0.2, -0.15) is 4.98 Å². The molecule has 0 aliphatic carbocycles. The van der Waals surface area contributed by atoms with Gasteiger partial charge in [0.25, 0.3) is 5.56 Å². The minimum Gasteiger partial charge on any atom is -0.379 e. The molecule has 1 aliphatic heterocycles. The number of fused-ring (bicyclic) bond motifs is 3. The van der Waals surface area contributed by atoms with Crippen LogP contribution in [-0.2, 0) is 18.3 Å². The van der Waals surface area contributed by atoms with Gasteiger partial charge < -0.3 is 4.74 Å². The second-order valence-electron chi connectivity index (χ2n) is 9.26. The van der Waals surface area contributed by atoms with E-state index in [0.717, 1.165) is 35.6 Å². The highest BCUT2D eigenvalue weighted by Gasteiger charge is 2.23. The van der Waals surface area contributed by atoms with E-state index >= 15 is 0 Å². The van der Waals surface area contributed by atoms with Crippen LogP contribution < -0.4 is 11.2 Å². The van der Waals surface area contributed by atoms with Crippen LogP contribution in [-0.4, -0.2) is 60.8 Å². The maximum Gasteiger partial charge on any atom is 0.332 e. The smallest absolute Gasteiger partial charge is 0.332 e. The normalized spacial score (nSPS) is 14.7. The summed E-state index contributed by atoms with van der Waals surface area (Å²) < 4.78 is 12.1. The number of rotatable bonds is 5. The van der Waals surface area contributed by atoms with Gasteiger partial charge in [0.05, 0.1) is 18.9 Å². The van der Waals surface area contributed by atoms with E-state index in [2.05, 4.69) is 17.0 Å². The minimum absolute atomic E-state index is 0.318. The van der Waals surface area contributed by atoms with E-state index < -0.39 is 0 Å². The van der Waals surface area contributed by atoms with Gasteiger partial charge in [0, 0.05) is 50.7 Å². The van der Waals surface area contributed by atoms with Crippen molar-refractivity contribution in [2.75, 3.05) is 32.8 Å². The Morgan fingerprint density at radius 1 is 0.944 bits per heavy atom. The van der Waals surface area contributed by atoms with Crippen LogP contribution in [0.5, 0.6) is 0 Å². The number of imidazole rings is 2. The van der Waals surface area contributed by atoms with Gasteiger partial charge >= 0.3 is 5.69 Å². The molecule has 0 atom stereocenters. The SMILES string of the molecule is Cc1ccc(-n2c(-c3ccccc3)cn3c4c(=O)n(CCN5CCOCC5)c(=O)n(C)c4nc23)cc1. The van der Waals surface area contributed by atoms with Gasteiger partial charge in [-0.1, -0.05) is 48.0 Å². The molecule has 0 unspecified atom stereocenters. The standard InChI is InChI=1S/C27H28N6O3/c1-19-8-10-21(11-9-19)33-22(20-6-4-3-5-7-20)18-32-23-24(28-26(32)33)29(2)27(35)31(25(23)34)13-12-30-14-16-36-17-15-30/h3-11,18H,12-17H2,1-2H3. The second-order valence-corrected chi connectivity index (χ2v) is 9.26. The monoisotopic (exact) mass is 484 g/mol. The lowest BCUT2D eigenvalue weighted by atomic mass is 10.1. The third-order valence-corrected chi connectivity index (χ3v) is 6.95. The summed E-state index contributed by atoms with van der Waals surface area (Å²) in [5.41, 5.74) is 4.11. The Morgan fingerprint density at radius 3 is 2.39 bits per heavy atom. The van der Waals surface area contributed by atoms with E-state index in [1.54, 1.807) is 7.05 Å². The van der Waals surface area contributed by atoms with Crippen molar-refractivity contribution in [3.63, 3.8) is 0 Å². The fraction of sp³-hybridized carbons (Fsp3) is 0.296. The van der Waals surface area contributed by atoms with E-state index in [-0.39, 0.29) is 11.2 Å². The van der Waals surface area contributed by atoms with Crippen molar-refractivity contribution < 1.29 is 4.74 Å². The third-order valence-electron chi connectivity index (χ3n) is 6.95. The average Bonchev–Trinajstić information content (AvgIpc) is 3.46. The van der Waals surface area contributed by atoms with Crippen molar-refractivity contribution in [1.29, 1.82) is 0 Å². The molecule has 4 heterocycles. The van der Waals surface area contributed by atoms with Crippen molar-refractivity contribution >= 4 is 16.9 Å². The molecule has 0 spiro atoms. The van der Waals surface area contributed by atoms with Crippen molar-refractivity contribution in [1.82, 2.24) is 28.0 Å². The van der Waals surface area contributed by atoms with Gasteiger partial charge in [-0.3, -0.25) is 27.8 Å². The molecular weight excluding hydrogens is 456 g/mol. The molecule has 1 saturated heterocycles. The van der Waals surface area contributed by atoms with Crippen LogP contribution in [0.3, 0.4) is 0 Å². The molecule has 1 fully saturated rings. The van der Waals surface area contributed by atoms with E-state index in [1.807, 2.05) is 64.6 Å². The van der Waals surface area contributed by atoms with E-state index in [9.17, 15) is 9.59 Å². The van der Waals surface area contributed by atoms with Crippen molar-refractivity contribution in [2.24, 2.45) is 7.05 Å². The van der Waals surface area contributed by atoms with Crippen molar-refractivity contribution in [3.8, 4) is 16.9 Å². The Bertz CT molecular complexity index is 1670. The molecule has 2 aromatic carbocycles. The minimum atomic E-state index is -0.355. The molecule has 36 heavy (non-hydrogen) atoms. The number of aryl methyl sites for hydroxylation is 2. The molecule has 9 nitrogen and oxygen atoms in total. The van der Waals surface area contributed by atoms with Crippen LogP contribution in [0.25, 0.3) is 33.9 Å². The lowest BCUT2D eigenvalue weighted by Gasteiger charge is -2.26. The molecule has 0 N–H and O–H groups in total. The molecule has 6 rings (SSSR count). The Kier molecular flexibility index (Phi) is 5.58. The quantitative estimate of drug-likeness (QED) is 0.383. The molecule has 0 saturated carbocycles. The van der Waals surface area contributed by atoms with Crippen LogP contribution in [0.4, 0.5) is 0 Å². The maximum atomic E-state index is 13.7. The molecule has 184 valence electrons. The van der Waals surface area contributed by atoms with Crippen LogP contribution in [0.1, 0.15) is 5.56 Å². The highest BCUT2D eigenvalue weighted by molar-refractivity contribution is 5.79. The predicted molar refractivity (Wildman–Crippen MR) is 139 cm³/mol. The van der Waals surface area contributed by atoms with Gasteiger partial charge in [0.1, 0.15) is 0 Å².